The molecule has 0 radical (unpaired) electrons. The summed E-state index contributed by atoms with van der Waals surface area (Å²) in [6.45, 7) is 2.01. The highest BCUT2D eigenvalue weighted by molar-refractivity contribution is 6.29. The van der Waals surface area contributed by atoms with E-state index in [2.05, 4.69) is 25.4 Å². The zero-order valence-electron chi connectivity index (χ0n) is 10.2. The summed E-state index contributed by atoms with van der Waals surface area (Å²) in [5.74, 6) is 1.19. The lowest BCUT2D eigenvalue weighted by atomic mass is 10.2. The third-order valence-electron chi connectivity index (χ3n) is 2.72. The minimum Gasteiger partial charge on any atom is -0.362 e. The molecule has 0 saturated heterocycles. The van der Waals surface area contributed by atoms with Crippen LogP contribution < -0.4 is 5.32 Å². The quantitative estimate of drug-likeness (QED) is 0.743. The molecule has 0 spiro atoms. The number of halogens is 1. The zero-order valence-corrected chi connectivity index (χ0v) is 10.9. The predicted molar refractivity (Wildman–Crippen MR) is 72.1 cm³/mol. The fraction of sp³-hybridized carbons (Fsp3) is 0.167. The Kier molecular flexibility index (Phi) is 3.00. The molecule has 0 amide bonds. The second-order valence-electron chi connectivity index (χ2n) is 4.06. The third-order valence-corrected chi connectivity index (χ3v) is 2.91. The molecule has 1 atom stereocenters. The van der Waals surface area contributed by atoms with Crippen LogP contribution in [-0.4, -0.2) is 24.6 Å². The molecule has 7 heteroatoms. The van der Waals surface area contributed by atoms with Crippen molar-refractivity contribution in [3.05, 3.63) is 47.6 Å². The van der Waals surface area contributed by atoms with Crippen LogP contribution in [0.3, 0.4) is 0 Å². The molecule has 6 nitrogen and oxygen atoms in total. The van der Waals surface area contributed by atoms with Gasteiger partial charge in [0, 0.05) is 12.3 Å². The number of hydrogen-bond donors (Lipinski definition) is 1. The zero-order chi connectivity index (χ0) is 13.2. The van der Waals surface area contributed by atoms with Gasteiger partial charge in [-0.05, 0) is 19.1 Å². The fourth-order valence-electron chi connectivity index (χ4n) is 1.81. The molecule has 3 rings (SSSR count). The van der Waals surface area contributed by atoms with Crippen LogP contribution in [0.15, 0.2) is 36.8 Å². The molecule has 0 aliphatic carbocycles. The minimum absolute atomic E-state index is 0.0204. The van der Waals surface area contributed by atoms with Crippen molar-refractivity contribution in [1.29, 1.82) is 0 Å². The topological polar surface area (TPSA) is 68.0 Å². The average Bonchev–Trinajstić information content (AvgIpc) is 2.88. The van der Waals surface area contributed by atoms with E-state index < -0.39 is 0 Å². The summed E-state index contributed by atoms with van der Waals surface area (Å²) in [5, 5.41) is 7.78. The van der Waals surface area contributed by atoms with Crippen molar-refractivity contribution >= 4 is 23.2 Å². The van der Waals surface area contributed by atoms with Gasteiger partial charge in [-0.15, -0.1) is 0 Å². The molecular formula is C12H11ClN6. The van der Waals surface area contributed by atoms with E-state index in [1.165, 1.54) is 6.33 Å². The molecule has 3 aromatic rings. The number of hydrogen-bond acceptors (Lipinski definition) is 5. The van der Waals surface area contributed by atoms with Crippen LogP contribution in [0.1, 0.15) is 18.7 Å². The van der Waals surface area contributed by atoms with Crippen LogP contribution in [0.5, 0.6) is 0 Å². The van der Waals surface area contributed by atoms with Crippen molar-refractivity contribution in [2.24, 2.45) is 0 Å². The van der Waals surface area contributed by atoms with Crippen molar-refractivity contribution in [3.8, 4) is 0 Å². The van der Waals surface area contributed by atoms with Gasteiger partial charge in [0.2, 0.25) is 0 Å². The molecule has 1 N–H and O–H groups in total. The molecule has 0 saturated carbocycles. The van der Waals surface area contributed by atoms with Gasteiger partial charge >= 0.3 is 0 Å². The summed E-state index contributed by atoms with van der Waals surface area (Å²) in [6, 6.07) is 7.52. The molecule has 96 valence electrons. The Morgan fingerprint density at radius 3 is 3.00 bits per heavy atom. The summed E-state index contributed by atoms with van der Waals surface area (Å²) in [4.78, 5) is 12.4. The molecule has 19 heavy (non-hydrogen) atoms. The number of nitrogens with one attached hydrogen (secondary N) is 1. The van der Waals surface area contributed by atoms with Crippen LogP contribution in [-0.2, 0) is 0 Å². The number of pyridine rings is 1. The average molecular weight is 275 g/mol. The number of nitrogens with zero attached hydrogens (tertiary/aromatic N) is 5. The van der Waals surface area contributed by atoms with Gasteiger partial charge in [-0.3, -0.25) is 4.98 Å². The van der Waals surface area contributed by atoms with E-state index in [4.69, 9.17) is 11.6 Å². The Labute approximate surface area is 114 Å². The number of rotatable bonds is 3. The first kappa shape index (κ1) is 11.9. The summed E-state index contributed by atoms with van der Waals surface area (Å²) >= 11 is 5.96. The minimum atomic E-state index is 0.0204. The summed E-state index contributed by atoms with van der Waals surface area (Å²) in [7, 11) is 0. The SMILES string of the molecule is CC(Nc1cc(Cl)nc2ncnn12)c1ccccn1. The summed E-state index contributed by atoms with van der Waals surface area (Å²) in [6.07, 6.45) is 3.20. The van der Waals surface area contributed by atoms with Gasteiger partial charge in [0.05, 0.1) is 11.7 Å². The predicted octanol–water partition coefficient (Wildman–Crippen LogP) is 2.35. The van der Waals surface area contributed by atoms with Crippen LogP contribution >= 0.6 is 11.6 Å². The summed E-state index contributed by atoms with van der Waals surface area (Å²) < 4.78 is 1.60. The van der Waals surface area contributed by atoms with Gasteiger partial charge in [-0.1, -0.05) is 17.7 Å². The first-order valence-electron chi connectivity index (χ1n) is 5.78. The van der Waals surface area contributed by atoms with Gasteiger partial charge in [0.25, 0.3) is 5.78 Å². The van der Waals surface area contributed by atoms with E-state index in [0.29, 0.717) is 10.9 Å². The normalized spacial score (nSPS) is 12.5. The Morgan fingerprint density at radius 2 is 2.21 bits per heavy atom. The van der Waals surface area contributed by atoms with E-state index in [-0.39, 0.29) is 6.04 Å². The highest BCUT2D eigenvalue weighted by atomic mass is 35.5. The van der Waals surface area contributed by atoms with Crippen molar-refractivity contribution in [1.82, 2.24) is 24.6 Å². The first-order chi connectivity index (χ1) is 9.24. The Balaban J connectivity index is 1.95. The van der Waals surface area contributed by atoms with Gasteiger partial charge in [0.15, 0.2) is 0 Å². The van der Waals surface area contributed by atoms with E-state index >= 15 is 0 Å². The number of fused-ring (bicyclic) bond motifs is 1. The molecule has 3 aromatic heterocycles. The molecule has 0 fully saturated rings. The molecule has 0 aliphatic heterocycles. The smallest absolute Gasteiger partial charge is 0.255 e. The van der Waals surface area contributed by atoms with Crippen LogP contribution in [0, 0.1) is 0 Å². The lowest BCUT2D eigenvalue weighted by molar-refractivity contribution is 0.810. The molecule has 0 aromatic carbocycles. The van der Waals surface area contributed by atoms with Crippen molar-refractivity contribution in [2.75, 3.05) is 5.32 Å². The van der Waals surface area contributed by atoms with Gasteiger partial charge in [-0.25, -0.2) is 0 Å². The standard InChI is InChI=1S/C12H11ClN6/c1-8(9-4-2-3-5-14-9)17-11-6-10(13)18-12-15-7-16-19(11)12/h2-8,17H,1H3. The van der Waals surface area contributed by atoms with Gasteiger partial charge in [0.1, 0.15) is 17.3 Å². The summed E-state index contributed by atoms with van der Waals surface area (Å²) in [5.41, 5.74) is 0.934. The second kappa shape index (κ2) is 4.81. The lowest BCUT2D eigenvalue weighted by Gasteiger charge is -2.15. The maximum atomic E-state index is 5.96. The Bertz CT molecular complexity index is 696. The van der Waals surface area contributed by atoms with E-state index in [0.717, 1.165) is 11.5 Å². The highest BCUT2D eigenvalue weighted by Gasteiger charge is 2.11. The van der Waals surface area contributed by atoms with Gasteiger partial charge < -0.3 is 5.32 Å². The maximum absolute atomic E-state index is 5.96. The largest absolute Gasteiger partial charge is 0.362 e. The van der Waals surface area contributed by atoms with Crippen molar-refractivity contribution in [2.45, 2.75) is 13.0 Å². The monoisotopic (exact) mass is 274 g/mol. The van der Waals surface area contributed by atoms with Crippen molar-refractivity contribution in [3.63, 3.8) is 0 Å². The van der Waals surface area contributed by atoms with Crippen molar-refractivity contribution < 1.29 is 0 Å². The van der Waals surface area contributed by atoms with Crippen LogP contribution in [0.25, 0.3) is 5.78 Å². The Morgan fingerprint density at radius 1 is 1.32 bits per heavy atom. The third kappa shape index (κ3) is 2.34. The lowest BCUT2D eigenvalue weighted by Crippen LogP contribution is -2.12. The molecule has 1 unspecified atom stereocenters. The van der Waals surface area contributed by atoms with Crippen LogP contribution in [0.4, 0.5) is 5.82 Å². The van der Waals surface area contributed by atoms with E-state index in [1.54, 1.807) is 16.8 Å². The van der Waals surface area contributed by atoms with E-state index in [9.17, 15) is 0 Å². The number of aromatic nitrogens is 5. The fourth-order valence-corrected chi connectivity index (χ4v) is 1.99. The molecule has 0 bridgehead atoms. The molecule has 3 heterocycles. The first-order valence-corrected chi connectivity index (χ1v) is 6.15. The maximum Gasteiger partial charge on any atom is 0.255 e. The highest BCUT2D eigenvalue weighted by Crippen LogP contribution is 2.20. The molecule has 0 aliphatic rings. The van der Waals surface area contributed by atoms with Gasteiger partial charge in [-0.2, -0.15) is 19.6 Å². The Hall–Kier alpha value is -2.21. The molecular weight excluding hydrogens is 264 g/mol. The van der Waals surface area contributed by atoms with E-state index in [1.807, 2.05) is 25.1 Å². The van der Waals surface area contributed by atoms with Crippen LogP contribution in [0.2, 0.25) is 5.15 Å². The number of anilines is 1. The second-order valence-corrected chi connectivity index (χ2v) is 4.44.